The number of rotatable bonds is 6. The molecule has 3 nitrogen and oxygen atoms in total. The number of aromatic nitrogens is 1. The quantitative estimate of drug-likeness (QED) is 0.154. The molecule has 6 heterocycles. The molecule has 0 amide bonds. The van der Waals surface area contributed by atoms with E-state index in [-0.39, 0.29) is 0 Å². The molecule has 336 valence electrons. The van der Waals surface area contributed by atoms with Crippen LogP contribution in [0, 0.1) is 10.7 Å². The molecule has 0 bridgehead atoms. The van der Waals surface area contributed by atoms with Gasteiger partial charge >= 0.3 is 376 Å². The summed E-state index contributed by atoms with van der Waals surface area (Å²) in [6, 6.07) is 87.1. The summed E-state index contributed by atoms with van der Waals surface area (Å²) >= 11 is 1.60. The second kappa shape index (κ2) is 14.8. The van der Waals surface area contributed by atoms with E-state index >= 15 is 0 Å². The standard InChI is InChI=1S/C66H38IN3S2/c1-3-13-39(14-4-1)68(41-27-31-63-55(33-41)47-17-7-9-23-61(47)71-63)43-25-29-45-49-19-11-20-50-53-38-60-54(37-58(53)67(65(49)50)57(45)35-43)52-22-12-21-51-46-30-26-44(36-59(46)70(60)66(51)52)69(40-15-5-2-6-16-40)42-28-32-64-56(34-42)48-18-8-10-24-62(48)72-64/h1-38H. The van der Waals surface area contributed by atoms with Crippen molar-refractivity contribution in [3.63, 3.8) is 0 Å². The number of benzene rings is 11. The molecule has 15 aromatic rings. The summed E-state index contributed by atoms with van der Waals surface area (Å²) in [4.78, 5) is 4.91. The van der Waals surface area contributed by atoms with Crippen LogP contribution in [0.25, 0.3) is 101 Å². The van der Waals surface area contributed by atoms with Crippen LogP contribution >= 0.6 is 42.5 Å². The van der Waals surface area contributed by atoms with Crippen molar-refractivity contribution in [3.8, 4) is 22.3 Å². The predicted octanol–water partition coefficient (Wildman–Crippen LogP) is 19.9. The van der Waals surface area contributed by atoms with E-state index in [1.54, 1.807) is 7.14 Å². The van der Waals surface area contributed by atoms with E-state index in [1.165, 1.54) is 116 Å². The number of anilines is 6. The molecule has 0 atom stereocenters. The number of para-hydroxylation sites is 3. The van der Waals surface area contributed by atoms with Crippen LogP contribution in [0.5, 0.6) is 0 Å². The third-order valence-corrected chi connectivity index (χ3v) is 24.0. The molecule has 2 aliphatic heterocycles. The van der Waals surface area contributed by atoms with Gasteiger partial charge in [0.1, 0.15) is 0 Å². The Morgan fingerprint density at radius 3 is 1.44 bits per heavy atom. The summed E-state index contributed by atoms with van der Waals surface area (Å²) in [6.07, 6.45) is 0. The molecule has 2 aliphatic rings. The van der Waals surface area contributed by atoms with E-state index in [0.717, 1.165) is 22.7 Å². The fraction of sp³-hybridized carbons (Fsp3) is 0. The third-order valence-electron chi connectivity index (χ3n) is 15.3. The Morgan fingerprint density at radius 1 is 0.292 bits per heavy atom. The van der Waals surface area contributed by atoms with Crippen molar-refractivity contribution >= 4 is 155 Å². The molecule has 0 fully saturated rings. The normalized spacial score (nSPS) is 13.2. The van der Waals surface area contributed by atoms with Gasteiger partial charge in [-0.05, 0) is 6.07 Å². The van der Waals surface area contributed by atoms with Gasteiger partial charge in [0.25, 0.3) is 0 Å². The Bertz CT molecular complexity index is 4780. The number of nitrogens with zero attached hydrogens (tertiary/aromatic N) is 3. The minimum atomic E-state index is -2.14. The van der Waals surface area contributed by atoms with Gasteiger partial charge in [0, 0.05) is 14.8 Å². The Morgan fingerprint density at radius 2 is 0.778 bits per heavy atom. The Kier molecular flexibility index (Phi) is 8.14. The maximum atomic E-state index is 2.62. The van der Waals surface area contributed by atoms with E-state index in [4.69, 9.17) is 0 Å². The average molecular weight is 1060 g/mol. The van der Waals surface area contributed by atoms with E-state index in [2.05, 4.69) is 245 Å². The number of halogens is 1. The van der Waals surface area contributed by atoms with Gasteiger partial charge in [0.15, 0.2) is 0 Å². The van der Waals surface area contributed by atoms with E-state index in [9.17, 15) is 0 Å². The van der Waals surface area contributed by atoms with Crippen molar-refractivity contribution in [1.29, 1.82) is 0 Å². The molecule has 11 aromatic carbocycles. The zero-order valence-corrected chi connectivity index (χ0v) is 42.3. The molecule has 72 heavy (non-hydrogen) atoms. The second-order valence-corrected chi connectivity index (χ2v) is 26.3. The van der Waals surface area contributed by atoms with Crippen molar-refractivity contribution in [1.82, 2.24) is 4.40 Å². The van der Waals surface area contributed by atoms with Gasteiger partial charge in [-0.2, -0.15) is 0 Å². The summed E-state index contributed by atoms with van der Waals surface area (Å²) in [5.74, 6) is 0. The first-order valence-electron chi connectivity index (χ1n) is 24.5. The van der Waals surface area contributed by atoms with Crippen LogP contribution < -0.4 is 9.80 Å². The maximum absolute atomic E-state index is 2.62. The molecule has 0 radical (unpaired) electrons. The van der Waals surface area contributed by atoms with Gasteiger partial charge in [-0.15, -0.1) is 11.3 Å². The first kappa shape index (κ1) is 39.7. The van der Waals surface area contributed by atoms with Gasteiger partial charge in [-0.1, -0.05) is 24.3 Å². The summed E-state index contributed by atoms with van der Waals surface area (Å²) in [6.45, 7) is 0. The van der Waals surface area contributed by atoms with Crippen molar-refractivity contribution in [3.05, 3.63) is 241 Å². The second-order valence-electron chi connectivity index (χ2n) is 19.1. The Hall–Kier alpha value is -8.01. The summed E-state index contributed by atoms with van der Waals surface area (Å²) in [7, 11) is 0. The molecular formula is C66H38IN3S2. The minimum absolute atomic E-state index is 1.14. The fourth-order valence-corrected chi connectivity index (χ4v) is 21.6. The van der Waals surface area contributed by atoms with E-state index in [1.807, 2.05) is 22.7 Å². The van der Waals surface area contributed by atoms with Crippen LogP contribution in [0.15, 0.2) is 231 Å². The molecule has 6 heteroatoms. The molecular weight excluding hydrogens is 1030 g/mol. The van der Waals surface area contributed by atoms with Crippen molar-refractivity contribution < 1.29 is 0 Å². The van der Waals surface area contributed by atoms with E-state index < -0.39 is 19.8 Å². The van der Waals surface area contributed by atoms with Gasteiger partial charge in [-0.3, -0.25) is 0 Å². The Labute approximate surface area is 429 Å². The van der Waals surface area contributed by atoms with Crippen LogP contribution in [0.3, 0.4) is 0 Å². The molecule has 0 spiro atoms. The van der Waals surface area contributed by atoms with Crippen LogP contribution in [0.2, 0.25) is 0 Å². The van der Waals surface area contributed by atoms with Crippen molar-refractivity contribution in [2.24, 2.45) is 0 Å². The molecule has 17 rings (SSSR count). The molecule has 0 saturated heterocycles. The number of hydrogen-bond donors (Lipinski definition) is 0. The third kappa shape index (κ3) is 5.43. The molecule has 0 saturated carbocycles. The molecule has 0 N–H and O–H groups in total. The topological polar surface area (TPSA) is 10.9 Å². The Balaban J connectivity index is 0.846. The first-order chi connectivity index (χ1) is 35.7. The van der Waals surface area contributed by atoms with Crippen LogP contribution in [-0.2, 0) is 0 Å². The fourth-order valence-electron chi connectivity index (χ4n) is 12.2. The zero-order valence-electron chi connectivity index (χ0n) is 38.5. The number of hydrogen-bond acceptors (Lipinski definition) is 4. The van der Waals surface area contributed by atoms with Gasteiger partial charge in [0.05, 0.1) is 0 Å². The van der Waals surface area contributed by atoms with Crippen molar-refractivity contribution in [2.45, 2.75) is 0 Å². The van der Waals surface area contributed by atoms with Crippen LogP contribution in [0.1, 0.15) is 0 Å². The average Bonchev–Trinajstić information content (AvgIpc) is 4.29. The van der Waals surface area contributed by atoms with Crippen molar-refractivity contribution in [2.75, 3.05) is 9.80 Å². The molecule has 0 aliphatic carbocycles. The molecule has 0 unspecified atom stereocenters. The summed E-state index contributed by atoms with van der Waals surface area (Å²) in [5, 5.41) is 10.5. The van der Waals surface area contributed by atoms with Gasteiger partial charge < -0.3 is 0 Å². The first-order valence-corrected chi connectivity index (χ1v) is 29.3. The monoisotopic (exact) mass is 1060 g/mol. The van der Waals surface area contributed by atoms with Crippen LogP contribution in [0.4, 0.5) is 34.1 Å². The van der Waals surface area contributed by atoms with E-state index in [0.29, 0.717) is 0 Å². The summed E-state index contributed by atoms with van der Waals surface area (Å²) < 4.78 is 12.5. The van der Waals surface area contributed by atoms with Crippen LogP contribution in [-0.4, -0.2) is 4.40 Å². The number of fused-ring (bicyclic) bond motifs is 18. The van der Waals surface area contributed by atoms with Gasteiger partial charge in [-0.25, -0.2) is 0 Å². The number of thiophene rings is 2. The zero-order chi connectivity index (χ0) is 46.8. The SMILES string of the molecule is c1ccc(N(c2ccc3c(c2)I2c4cc5c6cccc7c8ccc(N(c9ccccc9)c9ccc%10sc%11ccccc%11c%10c9)cc8n(c5cc4-c4cccc-3c42)c76)c2ccc3sc4ccccc4c3c2)cc1. The van der Waals surface area contributed by atoms with Gasteiger partial charge in [0.2, 0.25) is 0 Å². The molecule has 4 aromatic heterocycles. The predicted molar refractivity (Wildman–Crippen MR) is 317 cm³/mol. The summed E-state index contributed by atoms with van der Waals surface area (Å²) in [5.41, 5.74) is 16.4.